The average molecular weight is 343 g/mol. The van der Waals surface area contributed by atoms with Crippen molar-refractivity contribution in [2.45, 2.75) is 24.4 Å². The van der Waals surface area contributed by atoms with Gasteiger partial charge in [-0.25, -0.2) is 0 Å². The lowest BCUT2D eigenvalue weighted by Crippen LogP contribution is -2.38. The van der Waals surface area contributed by atoms with E-state index in [9.17, 15) is 4.79 Å². The van der Waals surface area contributed by atoms with Gasteiger partial charge in [0.05, 0.1) is 6.04 Å². The summed E-state index contributed by atoms with van der Waals surface area (Å²) in [5, 5.41) is 4.66. The first-order valence-electron chi connectivity index (χ1n) is 7.16. The van der Waals surface area contributed by atoms with Crippen LogP contribution in [0.15, 0.2) is 24.3 Å². The van der Waals surface area contributed by atoms with E-state index in [1.807, 2.05) is 59.6 Å². The predicted molar refractivity (Wildman–Crippen MR) is 92.1 cm³/mol. The summed E-state index contributed by atoms with van der Waals surface area (Å²) in [7, 11) is 0. The van der Waals surface area contributed by atoms with Crippen LogP contribution in [0.4, 0.5) is 0 Å². The minimum atomic E-state index is -0.119. The van der Waals surface area contributed by atoms with Gasteiger partial charge in [0.15, 0.2) is 0 Å². The quantitative estimate of drug-likeness (QED) is 0.915. The number of carbonyl (C=O) groups is 1. The lowest BCUT2D eigenvalue weighted by Gasteiger charge is -2.30. The highest BCUT2D eigenvalue weighted by atomic mass is 35.5. The fourth-order valence-electron chi connectivity index (χ4n) is 2.75. The van der Waals surface area contributed by atoms with E-state index in [-0.39, 0.29) is 18.1 Å². The first-order chi connectivity index (χ1) is 10.1. The number of halogens is 1. The molecule has 0 spiro atoms. The lowest BCUT2D eigenvalue weighted by atomic mass is 10.1. The van der Waals surface area contributed by atoms with E-state index < -0.39 is 0 Å². The summed E-state index contributed by atoms with van der Waals surface area (Å²) >= 11 is 9.94. The SMILES string of the molecule is CC1NC(c2ccc(Cl)cc2)N(CC2CSCCS2)C1=O. The molecule has 0 radical (unpaired) electrons. The predicted octanol–water partition coefficient (Wildman–Crippen LogP) is 3.01. The number of hydrogen-bond acceptors (Lipinski definition) is 4. The fraction of sp³-hybridized carbons (Fsp3) is 0.533. The number of hydrogen-bond donors (Lipinski definition) is 1. The van der Waals surface area contributed by atoms with Crippen molar-refractivity contribution in [2.75, 3.05) is 23.8 Å². The van der Waals surface area contributed by atoms with Crippen LogP contribution in [-0.2, 0) is 4.79 Å². The van der Waals surface area contributed by atoms with Crippen molar-refractivity contribution in [3.63, 3.8) is 0 Å². The van der Waals surface area contributed by atoms with Gasteiger partial charge in [0.25, 0.3) is 0 Å². The Morgan fingerprint density at radius 1 is 1.33 bits per heavy atom. The Kier molecular flexibility index (Phi) is 5.04. The monoisotopic (exact) mass is 342 g/mol. The Bertz CT molecular complexity index is 505. The molecule has 21 heavy (non-hydrogen) atoms. The zero-order valence-electron chi connectivity index (χ0n) is 11.9. The zero-order valence-corrected chi connectivity index (χ0v) is 14.3. The van der Waals surface area contributed by atoms with Crippen LogP contribution >= 0.6 is 35.1 Å². The van der Waals surface area contributed by atoms with Crippen LogP contribution in [-0.4, -0.2) is 45.9 Å². The summed E-state index contributed by atoms with van der Waals surface area (Å²) in [4.78, 5) is 14.4. The molecule has 3 nitrogen and oxygen atoms in total. The molecule has 0 bridgehead atoms. The maximum absolute atomic E-state index is 12.5. The van der Waals surface area contributed by atoms with Crippen LogP contribution in [0.2, 0.25) is 5.02 Å². The van der Waals surface area contributed by atoms with Crippen LogP contribution in [0.3, 0.4) is 0 Å². The number of nitrogens with zero attached hydrogens (tertiary/aromatic N) is 1. The molecule has 3 unspecified atom stereocenters. The van der Waals surface area contributed by atoms with E-state index in [0.29, 0.717) is 5.25 Å². The molecule has 1 amide bonds. The van der Waals surface area contributed by atoms with E-state index >= 15 is 0 Å². The summed E-state index contributed by atoms with van der Waals surface area (Å²) < 4.78 is 0. The molecule has 2 aliphatic heterocycles. The standard InChI is InChI=1S/C15H19ClN2OS2/c1-10-15(19)18(8-13-9-20-6-7-21-13)14(17-10)11-2-4-12(16)5-3-11/h2-5,10,13-14,17H,6-9H2,1H3. The van der Waals surface area contributed by atoms with Crippen molar-refractivity contribution in [3.05, 3.63) is 34.9 Å². The third kappa shape index (κ3) is 3.52. The molecule has 2 heterocycles. The summed E-state index contributed by atoms with van der Waals surface area (Å²) in [6.45, 7) is 2.76. The van der Waals surface area contributed by atoms with Crippen molar-refractivity contribution in [1.82, 2.24) is 10.2 Å². The van der Waals surface area contributed by atoms with Crippen LogP contribution in [0.5, 0.6) is 0 Å². The highest BCUT2D eigenvalue weighted by Crippen LogP contribution is 2.31. The van der Waals surface area contributed by atoms with Crippen LogP contribution < -0.4 is 5.32 Å². The van der Waals surface area contributed by atoms with Crippen molar-refractivity contribution >= 4 is 41.0 Å². The molecule has 0 aliphatic carbocycles. The molecule has 1 N–H and O–H groups in total. The van der Waals surface area contributed by atoms with E-state index in [1.54, 1.807) is 0 Å². The minimum Gasteiger partial charge on any atom is -0.320 e. The van der Waals surface area contributed by atoms with Crippen molar-refractivity contribution in [3.8, 4) is 0 Å². The van der Waals surface area contributed by atoms with Crippen LogP contribution in [0.25, 0.3) is 0 Å². The summed E-state index contributed by atoms with van der Waals surface area (Å²) in [5.41, 5.74) is 1.10. The molecule has 0 saturated carbocycles. The van der Waals surface area contributed by atoms with Crippen molar-refractivity contribution in [1.29, 1.82) is 0 Å². The Balaban J connectivity index is 1.77. The molecule has 1 aromatic rings. The lowest BCUT2D eigenvalue weighted by molar-refractivity contribution is -0.129. The van der Waals surface area contributed by atoms with E-state index in [4.69, 9.17) is 11.6 Å². The van der Waals surface area contributed by atoms with E-state index in [0.717, 1.165) is 22.9 Å². The molecule has 2 fully saturated rings. The number of carbonyl (C=O) groups excluding carboxylic acids is 1. The molecule has 0 aromatic heterocycles. The number of thioether (sulfide) groups is 2. The molecule has 6 heteroatoms. The van der Waals surface area contributed by atoms with Gasteiger partial charge < -0.3 is 4.90 Å². The average Bonchev–Trinajstić information content (AvgIpc) is 2.78. The minimum absolute atomic E-state index is 0.0303. The molecule has 114 valence electrons. The fourth-order valence-corrected chi connectivity index (χ4v) is 5.54. The van der Waals surface area contributed by atoms with Gasteiger partial charge >= 0.3 is 0 Å². The maximum atomic E-state index is 12.5. The smallest absolute Gasteiger partial charge is 0.241 e. The Morgan fingerprint density at radius 2 is 2.10 bits per heavy atom. The Morgan fingerprint density at radius 3 is 2.76 bits per heavy atom. The van der Waals surface area contributed by atoms with E-state index in [1.165, 1.54) is 11.5 Å². The van der Waals surface area contributed by atoms with Gasteiger partial charge in [-0.3, -0.25) is 10.1 Å². The van der Waals surface area contributed by atoms with Gasteiger partial charge in [-0.05, 0) is 24.6 Å². The second kappa shape index (κ2) is 6.82. The molecule has 2 aliphatic rings. The third-order valence-electron chi connectivity index (χ3n) is 3.84. The number of nitrogens with one attached hydrogen (secondary N) is 1. The largest absolute Gasteiger partial charge is 0.320 e. The number of benzene rings is 1. The van der Waals surface area contributed by atoms with Gasteiger partial charge in [-0.2, -0.15) is 23.5 Å². The topological polar surface area (TPSA) is 32.3 Å². The molecular weight excluding hydrogens is 324 g/mol. The second-order valence-electron chi connectivity index (χ2n) is 5.40. The highest BCUT2D eigenvalue weighted by molar-refractivity contribution is 8.06. The van der Waals surface area contributed by atoms with Crippen LogP contribution in [0.1, 0.15) is 18.7 Å². The van der Waals surface area contributed by atoms with Crippen molar-refractivity contribution in [2.24, 2.45) is 0 Å². The van der Waals surface area contributed by atoms with Gasteiger partial charge in [0.2, 0.25) is 5.91 Å². The zero-order chi connectivity index (χ0) is 14.8. The highest BCUT2D eigenvalue weighted by Gasteiger charge is 2.38. The number of amides is 1. The molecule has 3 atom stereocenters. The van der Waals surface area contributed by atoms with Gasteiger partial charge in [-0.1, -0.05) is 23.7 Å². The normalized spacial score (nSPS) is 29.9. The van der Waals surface area contributed by atoms with Gasteiger partial charge in [0, 0.05) is 34.1 Å². The second-order valence-corrected chi connectivity index (χ2v) is 8.40. The number of rotatable bonds is 3. The first-order valence-corrected chi connectivity index (χ1v) is 9.74. The molecular formula is C15H19ClN2OS2. The Hall–Kier alpha value is -0.360. The summed E-state index contributed by atoms with van der Waals surface area (Å²) in [6.07, 6.45) is -0.0303. The van der Waals surface area contributed by atoms with Crippen LogP contribution in [0, 0.1) is 0 Å². The van der Waals surface area contributed by atoms with E-state index in [2.05, 4.69) is 5.32 Å². The summed E-state index contributed by atoms with van der Waals surface area (Å²) in [6, 6.07) is 7.65. The Labute approximate surface area is 139 Å². The first kappa shape index (κ1) is 15.5. The van der Waals surface area contributed by atoms with Gasteiger partial charge in [0.1, 0.15) is 6.17 Å². The molecule has 1 aromatic carbocycles. The summed E-state index contributed by atoms with van der Waals surface area (Å²) in [5.74, 6) is 3.75. The van der Waals surface area contributed by atoms with Gasteiger partial charge in [-0.15, -0.1) is 0 Å². The molecule has 3 rings (SSSR count). The third-order valence-corrected chi connectivity index (χ3v) is 6.92. The van der Waals surface area contributed by atoms with Crippen molar-refractivity contribution < 1.29 is 4.79 Å². The maximum Gasteiger partial charge on any atom is 0.241 e. The molecule has 2 saturated heterocycles.